The van der Waals surface area contributed by atoms with Crippen molar-refractivity contribution in [3.05, 3.63) is 29.3 Å². The van der Waals surface area contributed by atoms with E-state index in [4.69, 9.17) is 5.73 Å². The summed E-state index contributed by atoms with van der Waals surface area (Å²) in [5.74, 6) is 0.170. The van der Waals surface area contributed by atoms with Gasteiger partial charge in [0.2, 0.25) is 5.91 Å². The normalized spacial score (nSPS) is 17.1. The maximum absolute atomic E-state index is 12.6. The molecule has 0 radical (unpaired) electrons. The highest BCUT2D eigenvalue weighted by Crippen LogP contribution is 2.42. The summed E-state index contributed by atoms with van der Waals surface area (Å²) in [5.41, 5.74) is 8.85. The van der Waals surface area contributed by atoms with Gasteiger partial charge in [0.1, 0.15) is 0 Å². The van der Waals surface area contributed by atoms with Crippen LogP contribution in [0, 0.1) is 19.3 Å². The lowest BCUT2D eigenvalue weighted by atomic mass is 9.68. The van der Waals surface area contributed by atoms with Gasteiger partial charge in [0, 0.05) is 19.3 Å². The largest absolute Gasteiger partial charge is 0.329 e. The van der Waals surface area contributed by atoms with Crippen molar-refractivity contribution < 1.29 is 4.79 Å². The standard InChI is InChI=1S/C15H22N2O/c1-11-5-6-13(12(2)9-11)17(3)14(18)15(10-16)7-4-8-15/h5-6,9H,4,7-8,10,16H2,1-3H3. The minimum Gasteiger partial charge on any atom is -0.329 e. The quantitative estimate of drug-likeness (QED) is 0.890. The molecule has 3 nitrogen and oxygen atoms in total. The van der Waals surface area contributed by atoms with Crippen LogP contribution in [0.5, 0.6) is 0 Å². The Hall–Kier alpha value is -1.35. The molecule has 1 aromatic rings. The van der Waals surface area contributed by atoms with Crippen LogP contribution in [0.1, 0.15) is 30.4 Å². The Bertz CT molecular complexity index is 458. The van der Waals surface area contributed by atoms with Crippen LogP contribution >= 0.6 is 0 Å². The van der Waals surface area contributed by atoms with Gasteiger partial charge in [-0.15, -0.1) is 0 Å². The third-order valence-electron chi connectivity index (χ3n) is 4.17. The Balaban J connectivity index is 2.25. The highest BCUT2D eigenvalue weighted by molar-refractivity contribution is 5.98. The molecule has 0 spiro atoms. The highest BCUT2D eigenvalue weighted by atomic mass is 16.2. The fourth-order valence-corrected chi connectivity index (χ4v) is 2.76. The molecular weight excluding hydrogens is 224 g/mol. The number of hydrogen-bond donors (Lipinski definition) is 1. The second kappa shape index (κ2) is 4.73. The second-order valence-corrected chi connectivity index (χ2v) is 5.49. The minimum atomic E-state index is -0.300. The van der Waals surface area contributed by atoms with Gasteiger partial charge >= 0.3 is 0 Å². The first-order valence-corrected chi connectivity index (χ1v) is 6.56. The molecule has 0 saturated heterocycles. The summed E-state index contributed by atoms with van der Waals surface area (Å²) in [6, 6.07) is 6.17. The summed E-state index contributed by atoms with van der Waals surface area (Å²) in [7, 11) is 1.86. The van der Waals surface area contributed by atoms with Gasteiger partial charge in [-0.05, 0) is 38.3 Å². The van der Waals surface area contributed by atoms with Crippen LogP contribution in [0.15, 0.2) is 18.2 Å². The molecule has 0 bridgehead atoms. The molecule has 2 rings (SSSR count). The van der Waals surface area contributed by atoms with Gasteiger partial charge < -0.3 is 10.6 Å². The molecule has 0 aromatic heterocycles. The Morgan fingerprint density at radius 3 is 2.50 bits per heavy atom. The van der Waals surface area contributed by atoms with Crippen molar-refractivity contribution in [1.82, 2.24) is 0 Å². The Kier molecular flexibility index (Phi) is 3.44. The number of nitrogens with zero attached hydrogens (tertiary/aromatic N) is 1. The first-order chi connectivity index (χ1) is 8.50. The van der Waals surface area contributed by atoms with Crippen LogP contribution in [-0.2, 0) is 4.79 Å². The van der Waals surface area contributed by atoms with Crippen molar-refractivity contribution in [2.75, 3.05) is 18.5 Å². The third-order valence-corrected chi connectivity index (χ3v) is 4.17. The number of benzene rings is 1. The van der Waals surface area contributed by atoms with Gasteiger partial charge in [-0.1, -0.05) is 24.1 Å². The molecule has 98 valence electrons. The summed E-state index contributed by atoms with van der Waals surface area (Å²) in [5, 5.41) is 0. The van der Waals surface area contributed by atoms with Crippen molar-refractivity contribution in [2.45, 2.75) is 33.1 Å². The molecule has 3 heteroatoms. The number of amides is 1. The van der Waals surface area contributed by atoms with Gasteiger partial charge in [-0.25, -0.2) is 0 Å². The van der Waals surface area contributed by atoms with Gasteiger partial charge in [0.15, 0.2) is 0 Å². The van der Waals surface area contributed by atoms with Crippen LogP contribution in [0.25, 0.3) is 0 Å². The fraction of sp³-hybridized carbons (Fsp3) is 0.533. The van der Waals surface area contributed by atoms with Crippen molar-refractivity contribution >= 4 is 11.6 Å². The average molecular weight is 246 g/mol. The van der Waals surface area contributed by atoms with E-state index in [1.807, 2.05) is 26.1 Å². The van der Waals surface area contributed by atoms with Crippen LogP contribution in [0.4, 0.5) is 5.69 Å². The summed E-state index contributed by atoms with van der Waals surface area (Å²) in [6.45, 7) is 4.56. The molecule has 0 unspecified atom stereocenters. The molecule has 2 N–H and O–H groups in total. The lowest BCUT2D eigenvalue weighted by molar-refractivity contribution is -0.131. The number of nitrogens with two attached hydrogens (primary N) is 1. The molecule has 18 heavy (non-hydrogen) atoms. The summed E-state index contributed by atoms with van der Waals surface area (Å²) < 4.78 is 0. The van der Waals surface area contributed by atoms with E-state index in [-0.39, 0.29) is 11.3 Å². The van der Waals surface area contributed by atoms with Gasteiger partial charge in [-0.3, -0.25) is 4.79 Å². The predicted molar refractivity (Wildman–Crippen MR) is 74.7 cm³/mol. The van der Waals surface area contributed by atoms with E-state index in [2.05, 4.69) is 13.0 Å². The zero-order valence-corrected chi connectivity index (χ0v) is 11.5. The van der Waals surface area contributed by atoms with Gasteiger partial charge in [-0.2, -0.15) is 0 Å². The lowest BCUT2D eigenvalue weighted by Gasteiger charge is -2.42. The molecule has 1 aliphatic rings. The smallest absolute Gasteiger partial charge is 0.234 e. The second-order valence-electron chi connectivity index (χ2n) is 5.49. The van der Waals surface area contributed by atoms with Crippen LogP contribution in [0.3, 0.4) is 0 Å². The molecule has 1 saturated carbocycles. The molecule has 0 heterocycles. The molecule has 1 aliphatic carbocycles. The molecule has 0 atom stereocenters. The fourth-order valence-electron chi connectivity index (χ4n) is 2.76. The first-order valence-electron chi connectivity index (χ1n) is 6.56. The number of hydrogen-bond acceptors (Lipinski definition) is 2. The zero-order chi connectivity index (χ0) is 13.3. The van der Waals surface area contributed by atoms with E-state index in [9.17, 15) is 4.79 Å². The maximum atomic E-state index is 12.6. The third kappa shape index (κ3) is 2.03. The molecule has 1 amide bonds. The summed E-state index contributed by atoms with van der Waals surface area (Å²) in [4.78, 5) is 14.3. The molecule has 1 fully saturated rings. The van der Waals surface area contributed by atoms with Crippen molar-refractivity contribution in [3.63, 3.8) is 0 Å². The van der Waals surface area contributed by atoms with E-state index in [1.54, 1.807) is 4.90 Å². The van der Waals surface area contributed by atoms with Gasteiger partial charge in [0.25, 0.3) is 0 Å². The van der Waals surface area contributed by atoms with Crippen molar-refractivity contribution in [2.24, 2.45) is 11.1 Å². The van der Waals surface area contributed by atoms with E-state index in [1.165, 1.54) is 5.56 Å². The number of rotatable bonds is 3. The topological polar surface area (TPSA) is 46.3 Å². The molecule has 0 aliphatic heterocycles. The number of carbonyl (C=O) groups is 1. The SMILES string of the molecule is Cc1ccc(N(C)C(=O)C2(CN)CCC2)c(C)c1. The van der Waals surface area contributed by atoms with E-state index < -0.39 is 0 Å². The van der Waals surface area contributed by atoms with Gasteiger partial charge in [0.05, 0.1) is 5.41 Å². The van der Waals surface area contributed by atoms with Crippen molar-refractivity contribution in [3.8, 4) is 0 Å². The first kappa shape index (κ1) is 13.1. The summed E-state index contributed by atoms with van der Waals surface area (Å²) in [6.07, 6.45) is 2.97. The van der Waals surface area contributed by atoms with Crippen LogP contribution in [-0.4, -0.2) is 19.5 Å². The number of carbonyl (C=O) groups excluding carboxylic acids is 1. The maximum Gasteiger partial charge on any atom is 0.234 e. The lowest BCUT2D eigenvalue weighted by Crippen LogP contribution is -2.51. The minimum absolute atomic E-state index is 0.170. The highest BCUT2D eigenvalue weighted by Gasteiger charge is 2.44. The Morgan fingerprint density at radius 1 is 1.39 bits per heavy atom. The number of anilines is 1. The summed E-state index contributed by atoms with van der Waals surface area (Å²) >= 11 is 0. The average Bonchev–Trinajstić information content (AvgIpc) is 2.27. The number of aryl methyl sites for hydroxylation is 2. The molecule has 1 aromatic carbocycles. The van der Waals surface area contributed by atoms with Crippen LogP contribution < -0.4 is 10.6 Å². The van der Waals surface area contributed by atoms with E-state index in [0.29, 0.717) is 6.54 Å². The van der Waals surface area contributed by atoms with E-state index >= 15 is 0 Å². The Morgan fingerprint density at radius 2 is 2.06 bits per heavy atom. The Labute approximate surface area is 109 Å². The van der Waals surface area contributed by atoms with Crippen molar-refractivity contribution in [1.29, 1.82) is 0 Å². The molecular formula is C15H22N2O. The zero-order valence-electron chi connectivity index (χ0n) is 11.5. The van der Waals surface area contributed by atoms with E-state index in [0.717, 1.165) is 30.5 Å². The predicted octanol–water partition coefficient (Wildman–Crippen LogP) is 2.40. The van der Waals surface area contributed by atoms with Crippen LogP contribution in [0.2, 0.25) is 0 Å². The monoisotopic (exact) mass is 246 g/mol.